The monoisotopic (exact) mass is 917 g/mol. The smallest absolute Gasteiger partial charge is 0.301 e. The molecule has 0 radical (unpaired) electrons. The van der Waals surface area contributed by atoms with Gasteiger partial charge >= 0.3 is 10.2 Å². The molecule has 6 heterocycles. The molecule has 4 aromatic carbocycles. The molecule has 16 nitrogen and oxygen atoms in total. The lowest BCUT2D eigenvalue weighted by molar-refractivity contribution is -0.136. The minimum absolute atomic E-state index is 0.0186. The molecular weight excluding hydrogens is 873 g/mol. The number of nitrogens with one attached hydrogen (secondary N) is 2. The van der Waals surface area contributed by atoms with Crippen molar-refractivity contribution in [3.8, 4) is 23.3 Å². The fourth-order valence-corrected chi connectivity index (χ4v) is 11.1. The maximum atomic E-state index is 15.2. The molecule has 0 aliphatic carbocycles. The molecule has 4 saturated heterocycles. The van der Waals surface area contributed by atoms with E-state index < -0.39 is 51.0 Å². The molecule has 3 amide bonds. The van der Waals surface area contributed by atoms with E-state index in [2.05, 4.69) is 30.9 Å². The van der Waals surface area contributed by atoms with Crippen LogP contribution in [-0.2, 0) is 26.3 Å². The number of fused-ring (bicyclic) bond motifs is 2. The molecular formula is C47H45F2N9O7S. The molecule has 5 aliphatic heterocycles. The van der Waals surface area contributed by atoms with Crippen LogP contribution in [0.1, 0.15) is 65.1 Å². The van der Waals surface area contributed by atoms with Crippen LogP contribution in [-0.4, -0.2) is 108 Å². The molecule has 10 rings (SSSR count). The lowest BCUT2D eigenvalue weighted by Gasteiger charge is -2.44. The standard InChI is InChI=1S/C47H45F2N9O7S/c48-32-15-18-56(26-32)66(63,64)53-41-10-8-39(49)44(38(41)21-50)65-35-6-9-40-37(20-35)47(62)58(27-51-40)33-3-1-29(2-4-33)30-13-16-54(17-14-30)22-28-23-55(24-28)34-5-7-36-31(19-34)25-57(46(36)61)42-11-12-43(59)52-45(42)60/h1-10,19-20,27-28,30,32,42,53H,11-18,22-26H2,(H,52,59,60)/t32-,42+/m1/s1. The summed E-state index contributed by atoms with van der Waals surface area (Å²) in [5.41, 5.74) is 3.67. The Kier molecular flexibility index (Phi) is 11.3. The van der Waals surface area contributed by atoms with E-state index in [0.717, 1.165) is 73.3 Å². The minimum Gasteiger partial charge on any atom is -0.453 e. The van der Waals surface area contributed by atoms with E-state index in [4.69, 9.17) is 4.74 Å². The molecule has 4 fully saturated rings. The van der Waals surface area contributed by atoms with Crippen LogP contribution >= 0.6 is 0 Å². The third-order valence-corrected chi connectivity index (χ3v) is 14.9. The number of hydrogen-bond acceptors (Lipinski definition) is 11. The number of aromatic nitrogens is 2. The van der Waals surface area contributed by atoms with Crippen molar-refractivity contribution in [1.82, 2.24) is 29.0 Å². The van der Waals surface area contributed by atoms with Gasteiger partial charge in [-0.05, 0) is 116 Å². The number of nitrogens with zero attached hydrogens (tertiary/aromatic N) is 7. The number of carbonyl (C=O) groups is 3. The van der Waals surface area contributed by atoms with Crippen molar-refractivity contribution in [2.24, 2.45) is 5.92 Å². The maximum absolute atomic E-state index is 15.2. The van der Waals surface area contributed by atoms with Crippen LogP contribution in [0.5, 0.6) is 11.5 Å². The number of imide groups is 1. The number of piperidine rings is 2. The van der Waals surface area contributed by atoms with Crippen LogP contribution < -0.4 is 25.2 Å². The summed E-state index contributed by atoms with van der Waals surface area (Å²) >= 11 is 0. The summed E-state index contributed by atoms with van der Waals surface area (Å²) in [5, 5.41) is 12.5. The van der Waals surface area contributed by atoms with Crippen LogP contribution in [0, 0.1) is 23.1 Å². The van der Waals surface area contributed by atoms with Crippen LogP contribution in [0.25, 0.3) is 16.6 Å². The van der Waals surface area contributed by atoms with Crippen molar-refractivity contribution >= 4 is 50.2 Å². The largest absolute Gasteiger partial charge is 0.453 e. The van der Waals surface area contributed by atoms with Gasteiger partial charge in [-0.1, -0.05) is 12.1 Å². The second-order valence-electron chi connectivity index (χ2n) is 17.6. The minimum atomic E-state index is -4.24. The Morgan fingerprint density at radius 2 is 1.67 bits per heavy atom. The van der Waals surface area contributed by atoms with Crippen molar-refractivity contribution in [2.75, 3.05) is 55.4 Å². The predicted octanol–water partition coefficient (Wildman–Crippen LogP) is 4.97. The van der Waals surface area contributed by atoms with E-state index in [1.54, 1.807) is 11.0 Å². The molecule has 66 heavy (non-hydrogen) atoms. The number of nitriles is 1. The third kappa shape index (κ3) is 8.24. The third-order valence-electron chi connectivity index (χ3n) is 13.4. The van der Waals surface area contributed by atoms with Crippen LogP contribution in [0.4, 0.5) is 20.2 Å². The average Bonchev–Trinajstić information content (AvgIpc) is 3.89. The molecule has 0 unspecified atom stereocenters. The van der Waals surface area contributed by atoms with Gasteiger partial charge in [-0.25, -0.2) is 13.8 Å². The first kappa shape index (κ1) is 43.2. The number of carbonyl (C=O) groups excluding carboxylic acids is 3. The first-order chi connectivity index (χ1) is 31.8. The molecule has 19 heteroatoms. The van der Waals surface area contributed by atoms with Gasteiger partial charge in [-0.3, -0.25) is 33.8 Å². The SMILES string of the molecule is N#Cc1c(NS(=O)(=O)N2CC[C@@H](F)C2)ccc(F)c1Oc1ccc2ncn(-c3ccc(C4CCN(CC5CN(c6ccc7c(c6)CN([C@H]6CCC(=O)NC6=O)C7=O)C5)CC4)cc3)c(=O)c2c1. The van der Waals surface area contributed by atoms with Gasteiger partial charge < -0.3 is 19.4 Å². The predicted molar refractivity (Wildman–Crippen MR) is 239 cm³/mol. The number of benzene rings is 4. The number of hydrogen-bond donors (Lipinski definition) is 2. The quantitative estimate of drug-likeness (QED) is 0.170. The van der Waals surface area contributed by atoms with E-state index >= 15 is 4.39 Å². The second kappa shape index (κ2) is 17.2. The number of anilines is 2. The van der Waals surface area contributed by atoms with Crippen LogP contribution in [0.3, 0.4) is 0 Å². The fourth-order valence-electron chi connectivity index (χ4n) is 9.80. The summed E-state index contributed by atoms with van der Waals surface area (Å²) in [6, 6.07) is 21.4. The summed E-state index contributed by atoms with van der Waals surface area (Å²) in [5.74, 6) is -1.45. The van der Waals surface area contributed by atoms with Gasteiger partial charge in [-0.2, -0.15) is 18.0 Å². The van der Waals surface area contributed by atoms with Crippen molar-refractivity contribution in [2.45, 2.75) is 56.8 Å². The van der Waals surface area contributed by atoms with Gasteiger partial charge in [0.1, 0.15) is 35.9 Å². The van der Waals surface area contributed by atoms with Gasteiger partial charge in [0, 0.05) is 62.9 Å². The molecule has 1 aromatic heterocycles. The molecule has 340 valence electrons. The Balaban J connectivity index is 0.742. The molecule has 2 atom stereocenters. The van der Waals surface area contributed by atoms with Crippen molar-refractivity contribution in [1.29, 1.82) is 5.26 Å². The number of halogens is 2. The van der Waals surface area contributed by atoms with Gasteiger partial charge in [0.05, 0.1) is 22.3 Å². The van der Waals surface area contributed by atoms with Gasteiger partial charge in [0.15, 0.2) is 11.6 Å². The molecule has 0 spiro atoms. The summed E-state index contributed by atoms with van der Waals surface area (Å²) in [4.78, 5) is 61.9. The molecule has 0 bridgehead atoms. The van der Waals surface area contributed by atoms with Crippen molar-refractivity contribution < 1.29 is 36.3 Å². The summed E-state index contributed by atoms with van der Waals surface area (Å²) in [7, 11) is -4.24. The Hall–Kier alpha value is -6.75. The van der Waals surface area contributed by atoms with E-state index in [1.165, 1.54) is 34.7 Å². The highest BCUT2D eigenvalue weighted by atomic mass is 32.2. The van der Waals surface area contributed by atoms with Crippen LogP contribution in [0.15, 0.2) is 83.9 Å². The summed E-state index contributed by atoms with van der Waals surface area (Å²) in [6.07, 6.45) is 2.74. The summed E-state index contributed by atoms with van der Waals surface area (Å²) in [6.45, 7) is 4.78. The zero-order chi connectivity index (χ0) is 45.9. The highest BCUT2D eigenvalue weighted by Gasteiger charge is 2.40. The highest BCUT2D eigenvalue weighted by molar-refractivity contribution is 7.90. The lowest BCUT2D eigenvalue weighted by atomic mass is 9.88. The van der Waals surface area contributed by atoms with Crippen molar-refractivity contribution in [3.05, 3.63) is 118 Å². The Bertz CT molecular complexity index is 3000. The normalized spacial score (nSPS) is 20.9. The Labute approximate surface area is 378 Å². The number of rotatable bonds is 11. The topological polar surface area (TPSA) is 190 Å². The Morgan fingerprint density at radius 1 is 0.894 bits per heavy atom. The maximum Gasteiger partial charge on any atom is 0.301 e. The highest BCUT2D eigenvalue weighted by Crippen LogP contribution is 2.37. The Morgan fingerprint density at radius 3 is 2.39 bits per heavy atom. The van der Waals surface area contributed by atoms with E-state index in [-0.39, 0.29) is 54.6 Å². The number of alkyl halides is 1. The van der Waals surface area contributed by atoms with Gasteiger partial charge in [-0.15, -0.1) is 0 Å². The summed E-state index contributed by atoms with van der Waals surface area (Å²) < 4.78 is 65.1. The van der Waals surface area contributed by atoms with E-state index in [0.29, 0.717) is 41.6 Å². The van der Waals surface area contributed by atoms with Gasteiger partial charge in [0.2, 0.25) is 11.8 Å². The van der Waals surface area contributed by atoms with Crippen LogP contribution in [0.2, 0.25) is 0 Å². The fraction of sp³-hybridized carbons (Fsp3) is 0.362. The van der Waals surface area contributed by atoms with Gasteiger partial charge in [0.25, 0.3) is 11.5 Å². The number of likely N-dealkylation sites (tertiary alicyclic amines) is 1. The number of ether oxygens (including phenoxy) is 1. The molecule has 5 aliphatic rings. The number of amides is 3. The van der Waals surface area contributed by atoms with Crippen molar-refractivity contribution in [3.63, 3.8) is 0 Å². The molecule has 0 saturated carbocycles. The first-order valence-electron chi connectivity index (χ1n) is 22.0. The van der Waals surface area contributed by atoms with E-state index in [9.17, 15) is 37.2 Å². The molecule has 5 aromatic rings. The first-order valence-corrected chi connectivity index (χ1v) is 23.4. The average molecular weight is 918 g/mol. The lowest BCUT2D eigenvalue weighted by Crippen LogP contribution is -2.52. The second-order valence-corrected chi connectivity index (χ2v) is 19.3. The zero-order valence-electron chi connectivity index (χ0n) is 35.7. The zero-order valence-corrected chi connectivity index (χ0v) is 36.5. The van der Waals surface area contributed by atoms with E-state index in [1.807, 2.05) is 36.4 Å². The molecule has 2 N–H and O–H groups in total.